The summed E-state index contributed by atoms with van der Waals surface area (Å²) in [6, 6.07) is 0. The van der Waals surface area contributed by atoms with Gasteiger partial charge in [-0.3, -0.25) is 0 Å². The topological polar surface area (TPSA) is 103 Å². The van der Waals surface area contributed by atoms with Crippen molar-refractivity contribution in [2.45, 2.75) is 27.1 Å². The van der Waals surface area contributed by atoms with Gasteiger partial charge >= 0.3 is 16.3 Å². The van der Waals surface area contributed by atoms with Crippen molar-refractivity contribution >= 4 is 16.3 Å². The summed E-state index contributed by atoms with van der Waals surface area (Å²) in [4.78, 5) is 10.9. The molecule has 0 aromatic heterocycles. The molecule has 1 amide bonds. The van der Waals surface area contributed by atoms with Gasteiger partial charge in [0.05, 0.1) is 13.2 Å². The lowest BCUT2D eigenvalue weighted by molar-refractivity contribution is -0.130. The molecule has 0 heterocycles. The first-order chi connectivity index (χ1) is 8.45. The molecule has 8 nitrogen and oxygen atoms in total. The molecule has 108 valence electrons. The Morgan fingerprint density at radius 1 is 1.11 bits per heavy atom. The molecule has 2 N–H and O–H groups in total. The van der Waals surface area contributed by atoms with Gasteiger partial charge in [0.15, 0.2) is 6.29 Å². The first-order valence-corrected chi connectivity index (χ1v) is 7.10. The molecule has 0 aliphatic carbocycles. The summed E-state index contributed by atoms with van der Waals surface area (Å²) in [5.41, 5.74) is 0. The van der Waals surface area contributed by atoms with Crippen molar-refractivity contribution in [2.24, 2.45) is 0 Å². The Bertz CT molecular complexity index is 326. The van der Waals surface area contributed by atoms with Gasteiger partial charge in [0.25, 0.3) is 0 Å². The number of nitrogens with one attached hydrogen (secondary N) is 2. The largest absolute Gasteiger partial charge is 0.449 e. The molecule has 0 atom stereocenters. The van der Waals surface area contributed by atoms with Crippen LogP contribution in [0.3, 0.4) is 0 Å². The van der Waals surface area contributed by atoms with Crippen molar-refractivity contribution in [3.8, 4) is 0 Å². The van der Waals surface area contributed by atoms with E-state index < -0.39 is 22.6 Å². The number of ether oxygens (including phenoxy) is 3. The Labute approximate surface area is 107 Å². The quantitative estimate of drug-likeness (QED) is 0.576. The fraction of sp³-hybridized carbons (Fsp3) is 0.889. The van der Waals surface area contributed by atoms with Crippen molar-refractivity contribution in [2.75, 3.05) is 26.4 Å². The Kier molecular flexibility index (Phi) is 8.63. The van der Waals surface area contributed by atoms with Crippen LogP contribution in [0.4, 0.5) is 4.79 Å². The lowest BCUT2D eigenvalue weighted by atomic mass is 10.6. The number of carbonyl (C=O) groups excluding carboxylic acids is 1. The minimum absolute atomic E-state index is 0.0852. The summed E-state index contributed by atoms with van der Waals surface area (Å²) in [5.74, 6) is 0. The summed E-state index contributed by atoms with van der Waals surface area (Å²) in [5, 5.41) is 0. The molecule has 0 aromatic rings. The molecule has 0 unspecified atom stereocenters. The second kappa shape index (κ2) is 9.09. The van der Waals surface area contributed by atoms with Gasteiger partial charge in [-0.1, -0.05) is 0 Å². The zero-order valence-electron chi connectivity index (χ0n) is 10.8. The highest BCUT2D eigenvalue weighted by Gasteiger charge is 2.17. The number of hydrogen-bond donors (Lipinski definition) is 2. The second-order valence-electron chi connectivity index (χ2n) is 3.01. The van der Waals surface area contributed by atoms with Crippen LogP contribution >= 0.6 is 0 Å². The van der Waals surface area contributed by atoms with E-state index in [2.05, 4.69) is 9.46 Å². The molecule has 0 saturated heterocycles. The maximum atomic E-state index is 11.4. The summed E-state index contributed by atoms with van der Waals surface area (Å²) >= 11 is 0. The maximum Gasteiger partial charge on any atom is 0.421 e. The predicted molar refractivity (Wildman–Crippen MR) is 64.1 cm³/mol. The third-order valence-electron chi connectivity index (χ3n) is 1.64. The van der Waals surface area contributed by atoms with Crippen LogP contribution in [-0.4, -0.2) is 47.2 Å². The van der Waals surface area contributed by atoms with Gasteiger partial charge in [0, 0.05) is 13.2 Å². The van der Waals surface area contributed by atoms with Gasteiger partial charge in [0.1, 0.15) is 0 Å². The minimum Gasteiger partial charge on any atom is -0.449 e. The number of rotatable bonds is 9. The monoisotopic (exact) mass is 284 g/mol. The predicted octanol–water partition coefficient (Wildman–Crippen LogP) is -0.0340. The third kappa shape index (κ3) is 8.23. The van der Waals surface area contributed by atoms with Crippen LogP contribution in [0.2, 0.25) is 0 Å². The Balaban J connectivity index is 4.18. The fourth-order valence-electron chi connectivity index (χ4n) is 1.02. The lowest BCUT2D eigenvalue weighted by Gasteiger charge is -2.17. The van der Waals surface area contributed by atoms with Gasteiger partial charge in [-0.2, -0.15) is 13.1 Å². The molecule has 0 aliphatic heterocycles. The van der Waals surface area contributed by atoms with Crippen LogP contribution in [0.15, 0.2) is 0 Å². The molecule has 0 fully saturated rings. The molecule has 18 heavy (non-hydrogen) atoms. The van der Waals surface area contributed by atoms with Crippen LogP contribution in [0.1, 0.15) is 20.8 Å². The van der Waals surface area contributed by atoms with Gasteiger partial charge in [-0.15, -0.1) is 0 Å². The number of amides is 1. The third-order valence-corrected chi connectivity index (χ3v) is 2.62. The van der Waals surface area contributed by atoms with E-state index in [9.17, 15) is 13.2 Å². The highest BCUT2D eigenvalue weighted by atomic mass is 32.2. The van der Waals surface area contributed by atoms with Crippen LogP contribution in [0, 0.1) is 0 Å². The van der Waals surface area contributed by atoms with E-state index in [1.54, 1.807) is 25.5 Å². The molecule has 0 aliphatic rings. The van der Waals surface area contributed by atoms with E-state index in [0.717, 1.165) is 0 Å². The van der Waals surface area contributed by atoms with E-state index in [4.69, 9.17) is 9.47 Å². The second-order valence-corrected chi connectivity index (χ2v) is 4.51. The molecule has 0 bridgehead atoms. The van der Waals surface area contributed by atoms with Crippen LogP contribution in [-0.2, 0) is 24.4 Å². The maximum absolute atomic E-state index is 11.4. The molecule has 9 heteroatoms. The smallest absolute Gasteiger partial charge is 0.421 e. The highest BCUT2D eigenvalue weighted by molar-refractivity contribution is 7.88. The normalized spacial score (nSPS) is 11.6. The molecular weight excluding hydrogens is 264 g/mol. The first-order valence-electron chi connectivity index (χ1n) is 5.62. The van der Waals surface area contributed by atoms with Crippen molar-refractivity contribution < 1.29 is 27.4 Å². The average Bonchev–Trinajstić information content (AvgIpc) is 2.26. The van der Waals surface area contributed by atoms with Gasteiger partial charge < -0.3 is 14.2 Å². The summed E-state index contributed by atoms with van der Waals surface area (Å²) in [7, 11) is -3.97. The molecule has 0 saturated carbocycles. The van der Waals surface area contributed by atoms with E-state index in [1.165, 1.54) is 0 Å². The van der Waals surface area contributed by atoms with Crippen LogP contribution in [0.25, 0.3) is 0 Å². The molecule has 0 spiro atoms. The van der Waals surface area contributed by atoms with Gasteiger partial charge in [0.2, 0.25) is 0 Å². The summed E-state index contributed by atoms with van der Waals surface area (Å²) in [6.45, 7) is 5.85. The Hall–Kier alpha value is -0.900. The summed E-state index contributed by atoms with van der Waals surface area (Å²) in [6.07, 6.45) is -1.73. The lowest BCUT2D eigenvalue weighted by Crippen LogP contribution is -2.44. The molecular formula is C9H20N2O6S. The Morgan fingerprint density at radius 3 is 2.11 bits per heavy atom. The molecule has 0 radical (unpaired) electrons. The average molecular weight is 284 g/mol. The van der Waals surface area contributed by atoms with E-state index in [0.29, 0.717) is 13.2 Å². The number of hydrogen-bond acceptors (Lipinski definition) is 6. The molecule has 0 rings (SSSR count). The zero-order chi connectivity index (χ0) is 14.0. The SMILES string of the molecule is CCOC(=O)NS(=O)(=O)NCC(OCC)OCC. The van der Waals surface area contributed by atoms with Gasteiger partial charge in [-0.05, 0) is 20.8 Å². The first kappa shape index (κ1) is 17.1. The highest BCUT2D eigenvalue weighted by Crippen LogP contribution is 1.94. The Morgan fingerprint density at radius 2 is 1.67 bits per heavy atom. The fourth-order valence-corrected chi connectivity index (χ4v) is 1.73. The van der Waals surface area contributed by atoms with E-state index >= 15 is 0 Å². The molecule has 0 aromatic carbocycles. The van der Waals surface area contributed by atoms with E-state index in [1.807, 2.05) is 0 Å². The van der Waals surface area contributed by atoms with Crippen molar-refractivity contribution in [3.05, 3.63) is 0 Å². The summed E-state index contributed by atoms with van der Waals surface area (Å²) < 4.78 is 41.3. The van der Waals surface area contributed by atoms with Crippen LogP contribution < -0.4 is 9.44 Å². The van der Waals surface area contributed by atoms with Crippen molar-refractivity contribution in [1.82, 2.24) is 9.44 Å². The minimum atomic E-state index is -3.97. The van der Waals surface area contributed by atoms with Crippen LogP contribution in [0.5, 0.6) is 0 Å². The van der Waals surface area contributed by atoms with Crippen molar-refractivity contribution in [1.29, 1.82) is 0 Å². The van der Waals surface area contributed by atoms with Crippen molar-refractivity contribution in [3.63, 3.8) is 0 Å². The van der Waals surface area contributed by atoms with Gasteiger partial charge in [-0.25, -0.2) is 9.52 Å². The standard InChI is InChI=1S/C9H20N2O6S/c1-4-15-8(16-5-2)7-10-18(13,14)11-9(12)17-6-3/h8,10H,4-7H2,1-3H3,(H,11,12). The number of carbonyl (C=O) groups is 1. The zero-order valence-corrected chi connectivity index (χ0v) is 11.6. The van der Waals surface area contributed by atoms with E-state index in [-0.39, 0.29) is 13.2 Å².